The van der Waals surface area contributed by atoms with Crippen LogP contribution in [-0.4, -0.2) is 50.9 Å². The first-order valence-electron chi connectivity index (χ1n) is 15.2. The molecule has 232 valence electrons. The molecular formula is C34H41ClFN7O. The highest BCUT2D eigenvalue weighted by Gasteiger charge is 2.28. The second kappa shape index (κ2) is 13.9. The molecule has 5 N–H and O–H groups in total. The average molecular weight is 618 g/mol. The summed E-state index contributed by atoms with van der Waals surface area (Å²) in [5.41, 5.74) is 9.57. The quantitative estimate of drug-likeness (QED) is 0.0870. The van der Waals surface area contributed by atoms with Crippen molar-refractivity contribution in [3.63, 3.8) is 0 Å². The van der Waals surface area contributed by atoms with E-state index in [9.17, 15) is 4.79 Å². The number of rotatable bonds is 11. The van der Waals surface area contributed by atoms with Gasteiger partial charge in [-0.1, -0.05) is 29.8 Å². The molecule has 0 spiro atoms. The predicted octanol–water partition coefficient (Wildman–Crippen LogP) is 6.51. The molecule has 4 aromatic rings. The van der Waals surface area contributed by atoms with E-state index in [-0.39, 0.29) is 11.1 Å². The number of H-pyrrole nitrogens is 1. The number of piperidine rings is 1. The summed E-state index contributed by atoms with van der Waals surface area (Å²) in [5.74, 6) is -0.0248. The van der Waals surface area contributed by atoms with Crippen molar-refractivity contribution in [2.75, 3.05) is 13.6 Å². The summed E-state index contributed by atoms with van der Waals surface area (Å²) in [5, 5.41) is 11.5. The van der Waals surface area contributed by atoms with Gasteiger partial charge in [-0.25, -0.2) is 9.18 Å². The minimum atomic E-state index is -0.522. The summed E-state index contributed by atoms with van der Waals surface area (Å²) in [6, 6.07) is 14.0. The van der Waals surface area contributed by atoms with Crippen molar-refractivity contribution in [3.05, 3.63) is 93.8 Å². The Morgan fingerprint density at radius 2 is 2.07 bits per heavy atom. The third-order valence-corrected chi connectivity index (χ3v) is 8.97. The minimum Gasteiger partial charge on any atom is -0.374 e. The lowest BCUT2D eigenvalue weighted by molar-refractivity contribution is 0.109. The lowest BCUT2D eigenvalue weighted by atomic mass is 9.90. The van der Waals surface area contributed by atoms with E-state index in [1.807, 2.05) is 12.1 Å². The number of halogens is 2. The molecule has 0 unspecified atom stereocenters. The molecule has 1 aliphatic heterocycles. The molecule has 1 saturated heterocycles. The molecular weight excluding hydrogens is 577 g/mol. The summed E-state index contributed by atoms with van der Waals surface area (Å²) in [7, 11) is 2.18. The van der Waals surface area contributed by atoms with E-state index in [0.717, 1.165) is 50.6 Å². The fourth-order valence-corrected chi connectivity index (χ4v) is 6.45. The first kappa shape index (κ1) is 31.6. The number of hydrogen-bond acceptors (Lipinski definition) is 5. The van der Waals surface area contributed by atoms with Crippen LogP contribution in [0.1, 0.15) is 62.6 Å². The van der Waals surface area contributed by atoms with Gasteiger partial charge >= 0.3 is 5.69 Å². The number of nitrogens with one attached hydrogen (secondary N) is 3. The van der Waals surface area contributed by atoms with Crippen molar-refractivity contribution in [2.24, 2.45) is 5.73 Å². The summed E-state index contributed by atoms with van der Waals surface area (Å²) in [6.45, 7) is 6.28. The van der Waals surface area contributed by atoms with Crippen molar-refractivity contribution in [2.45, 2.75) is 70.0 Å². The van der Waals surface area contributed by atoms with Gasteiger partial charge in [-0.05, 0) is 100 Å². The molecule has 2 aromatic carbocycles. The number of aryl methyl sites for hydroxylation is 1. The van der Waals surface area contributed by atoms with Crippen LogP contribution in [0.5, 0.6) is 0 Å². The number of aromatic nitrogens is 3. The fraction of sp³-hybridized carbons (Fsp3) is 0.382. The zero-order valence-electron chi connectivity index (χ0n) is 25.4. The van der Waals surface area contributed by atoms with Crippen molar-refractivity contribution < 1.29 is 4.39 Å². The van der Waals surface area contributed by atoms with Crippen LogP contribution in [0.2, 0.25) is 5.02 Å². The Hall–Kier alpha value is -3.79. The second-order valence-electron chi connectivity index (χ2n) is 11.8. The Kier molecular flexibility index (Phi) is 9.98. The van der Waals surface area contributed by atoms with Crippen molar-refractivity contribution in [1.29, 1.82) is 5.41 Å². The normalized spacial score (nSPS) is 17.9. The molecule has 44 heavy (non-hydrogen) atoms. The van der Waals surface area contributed by atoms with E-state index in [2.05, 4.69) is 45.9 Å². The highest BCUT2D eigenvalue weighted by atomic mass is 35.5. The van der Waals surface area contributed by atoms with Gasteiger partial charge in [-0.15, -0.1) is 6.58 Å². The molecule has 5 rings (SSSR count). The van der Waals surface area contributed by atoms with Crippen LogP contribution in [0.3, 0.4) is 0 Å². The van der Waals surface area contributed by atoms with Gasteiger partial charge in [-0.2, -0.15) is 4.98 Å². The number of likely N-dealkylation sites (tertiary alicyclic amines) is 1. The van der Waals surface area contributed by atoms with Crippen LogP contribution in [0.15, 0.2) is 66.1 Å². The van der Waals surface area contributed by atoms with Crippen molar-refractivity contribution in [1.82, 2.24) is 24.8 Å². The lowest BCUT2D eigenvalue weighted by Crippen LogP contribution is -2.40. The number of fused-ring (bicyclic) bond motifs is 1. The third kappa shape index (κ3) is 7.12. The Balaban J connectivity index is 1.36. The monoisotopic (exact) mass is 617 g/mol. The summed E-state index contributed by atoms with van der Waals surface area (Å²) >= 11 is 6.27. The Morgan fingerprint density at radius 1 is 1.30 bits per heavy atom. The SMILES string of the molecule is C=C[C@@H](N)CCCc1cc(Cl)c(F)c(-c2cc3cn(-c4ccc([C@@H]5CCC[C@@H](CCNC(C)=N)N5C)cc4)c(=O)nc3[nH]2)c1. The van der Waals surface area contributed by atoms with E-state index in [1.54, 1.807) is 37.4 Å². The van der Waals surface area contributed by atoms with Crippen LogP contribution >= 0.6 is 11.6 Å². The number of aromatic amines is 1. The second-order valence-corrected chi connectivity index (χ2v) is 12.2. The number of amidine groups is 1. The zero-order valence-corrected chi connectivity index (χ0v) is 26.1. The molecule has 1 fully saturated rings. The molecule has 0 radical (unpaired) electrons. The maximum Gasteiger partial charge on any atom is 0.354 e. The van der Waals surface area contributed by atoms with Crippen LogP contribution in [0.4, 0.5) is 4.39 Å². The third-order valence-electron chi connectivity index (χ3n) is 8.70. The molecule has 1 aliphatic rings. The van der Waals surface area contributed by atoms with Gasteiger partial charge < -0.3 is 16.0 Å². The standard InChI is InChI=1S/C34H41ClFN7O/c1-4-25(38)8-5-7-22-17-28(32(36)29(35)18-22)30-19-24-20-43(34(44)41-33(24)40-30)27-13-11-23(12-14-27)31-10-6-9-26(42(31)3)15-16-39-21(2)37/h4,11-14,17-20,25-26,31H,1,5-10,15-16,38H2,2-3H3,(H2,37,39)(H,40,41,44)/t25-,26+,31+/m1/s1. The highest BCUT2D eigenvalue weighted by Crippen LogP contribution is 2.35. The lowest BCUT2D eigenvalue weighted by Gasteiger charge is -2.40. The predicted molar refractivity (Wildman–Crippen MR) is 177 cm³/mol. The molecule has 0 aliphatic carbocycles. The minimum absolute atomic E-state index is 0.0462. The molecule has 8 nitrogen and oxygen atoms in total. The Labute approximate surface area is 262 Å². The number of hydrogen-bond donors (Lipinski definition) is 4. The smallest absolute Gasteiger partial charge is 0.354 e. The average Bonchev–Trinajstić information content (AvgIpc) is 3.41. The van der Waals surface area contributed by atoms with Gasteiger partial charge in [0.1, 0.15) is 5.65 Å². The largest absolute Gasteiger partial charge is 0.374 e. The van der Waals surface area contributed by atoms with E-state index < -0.39 is 11.5 Å². The highest BCUT2D eigenvalue weighted by molar-refractivity contribution is 6.31. The van der Waals surface area contributed by atoms with Crippen molar-refractivity contribution >= 4 is 28.5 Å². The number of benzene rings is 2. The van der Waals surface area contributed by atoms with Gasteiger partial charge in [0.05, 0.1) is 22.2 Å². The number of nitrogens with two attached hydrogens (primary N) is 1. The first-order valence-corrected chi connectivity index (χ1v) is 15.6. The summed E-state index contributed by atoms with van der Waals surface area (Å²) in [4.78, 5) is 22.9. The van der Waals surface area contributed by atoms with Gasteiger partial charge in [0.2, 0.25) is 0 Å². The molecule has 10 heteroatoms. The summed E-state index contributed by atoms with van der Waals surface area (Å²) < 4.78 is 16.7. The van der Waals surface area contributed by atoms with Gasteiger partial charge in [0.15, 0.2) is 5.82 Å². The van der Waals surface area contributed by atoms with Crippen LogP contribution in [0.25, 0.3) is 28.0 Å². The number of nitrogens with zero attached hydrogens (tertiary/aromatic N) is 3. The topological polar surface area (TPSA) is 116 Å². The van der Waals surface area contributed by atoms with Gasteiger partial charge in [0, 0.05) is 41.8 Å². The maximum atomic E-state index is 15.2. The van der Waals surface area contributed by atoms with Crippen molar-refractivity contribution in [3.8, 4) is 16.9 Å². The zero-order chi connectivity index (χ0) is 31.4. The first-order chi connectivity index (χ1) is 21.1. The van der Waals surface area contributed by atoms with Gasteiger partial charge in [0.25, 0.3) is 0 Å². The summed E-state index contributed by atoms with van der Waals surface area (Å²) in [6.07, 6.45) is 10.1. The molecule has 0 saturated carbocycles. The van der Waals surface area contributed by atoms with E-state index in [4.69, 9.17) is 22.7 Å². The fourth-order valence-electron chi connectivity index (χ4n) is 6.21. The molecule has 3 heterocycles. The molecule has 2 aromatic heterocycles. The van der Waals surface area contributed by atoms with E-state index in [1.165, 1.54) is 10.1 Å². The molecule has 3 atom stereocenters. The Bertz CT molecular complexity index is 1700. The van der Waals surface area contributed by atoms with E-state index >= 15 is 4.39 Å². The molecule has 0 bridgehead atoms. The van der Waals surface area contributed by atoms with Gasteiger partial charge in [-0.3, -0.25) is 14.9 Å². The van der Waals surface area contributed by atoms with Crippen LogP contribution < -0.4 is 16.7 Å². The van der Waals surface area contributed by atoms with Crippen LogP contribution in [-0.2, 0) is 6.42 Å². The van der Waals surface area contributed by atoms with E-state index in [0.29, 0.717) is 52.3 Å². The van der Waals surface area contributed by atoms with Crippen LogP contribution in [0, 0.1) is 11.2 Å². The Morgan fingerprint density at radius 3 is 2.80 bits per heavy atom. The molecule has 0 amide bonds. The maximum absolute atomic E-state index is 15.2.